The Kier molecular flexibility index (Phi) is 6.52. The number of benzene rings is 2. The Hall–Kier alpha value is -2.45. The maximum absolute atomic E-state index is 11.8. The number of hydrogen-bond donors (Lipinski definition) is 1. The number of anilines is 1. The van der Waals surface area contributed by atoms with E-state index in [9.17, 15) is 4.79 Å². The minimum Gasteiger partial charge on any atom is -0.493 e. The molecule has 0 saturated carbocycles. The van der Waals surface area contributed by atoms with Crippen LogP contribution in [-0.4, -0.2) is 24.0 Å². The molecule has 5 heteroatoms. The van der Waals surface area contributed by atoms with E-state index in [1.807, 2.05) is 37.3 Å². The monoisotopic (exact) mass is 326 g/mol. The molecule has 118 valence electrons. The molecule has 2 aromatic rings. The van der Waals surface area contributed by atoms with E-state index in [2.05, 4.69) is 5.32 Å². The normalized spacial score (nSPS) is 9.91. The molecule has 0 unspecified atom stereocenters. The van der Waals surface area contributed by atoms with Gasteiger partial charge in [0.15, 0.2) is 0 Å². The topological polar surface area (TPSA) is 62.1 Å². The average Bonchev–Trinajstić information content (AvgIpc) is 2.56. The van der Waals surface area contributed by atoms with Crippen molar-refractivity contribution < 1.29 is 9.53 Å². The summed E-state index contributed by atoms with van der Waals surface area (Å²) in [5.41, 5.74) is 2.37. The number of rotatable bonds is 7. The minimum atomic E-state index is -0.0829. The number of ether oxygens (including phenoxy) is 1. The van der Waals surface area contributed by atoms with Crippen LogP contribution in [0.15, 0.2) is 48.5 Å². The second-order valence-electron chi connectivity index (χ2n) is 4.95. The van der Waals surface area contributed by atoms with Gasteiger partial charge in [0.1, 0.15) is 5.75 Å². The summed E-state index contributed by atoms with van der Waals surface area (Å²) >= 11 is 1.51. The van der Waals surface area contributed by atoms with E-state index >= 15 is 0 Å². The van der Waals surface area contributed by atoms with Crippen molar-refractivity contribution in [1.29, 1.82) is 5.26 Å². The molecular formula is C18H18N2O2S. The molecule has 0 spiro atoms. The molecular weight excluding hydrogens is 308 g/mol. The van der Waals surface area contributed by atoms with Crippen molar-refractivity contribution >= 4 is 23.4 Å². The fourth-order valence-corrected chi connectivity index (χ4v) is 2.48. The van der Waals surface area contributed by atoms with Gasteiger partial charge < -0.3 is 10.1 Å². The van der Waals surface area contributed by atoms with Gasteiger partial charge in [-0.2, -0.15) is 5.26 Å². The van der Waals surface area contributed by atoms with Crippen LogP contribution >= 0.6 is 11.8 Å². The summed E-state index contributed by atoms with van der Waals surface area (Å²) in [5, 5.41) is 11.6. The Morgan fingerprint density at radius 1 is 1.26 bits per heavy atom. The molecule has 2 rings (SSSR count). The van der Waals surface area contributed by atoms with Gasteiger partial charge in [0.25, 0.3) is 0 Å². The maximum atomic E-state index is 11.8. The molecule has 1 amide bonds. The van der Waals surface area contributed by atoms with E-state index in [1.54, 1.807) is 24.3 Å². The van der Waals surface area contributed by atoms with Crippen LogP contribution in [0.5, 0.6) is 5.75 Å². The van der Waals surface area contributed by atoms with Gasteiger partial charge in [-0.1, -0.05) is 23.8 Å². The lowest BCUT2D eigenvalue weighted by atomic mass is 10.2. The van der Waals surface area contributed by atoms with E-state index in [0.29, 0.717) is 23.6 Å². The number of nitrogens with zero attached hydrogens (tertiary/aromatic N) is 1. The number of aryl methyl sites for hydroxylation is 1. The Balaban J connectivity index is 1.65. The second-order valence-corrected chi connectivity index (χ2v) is 6.06. The van der Waals surface area contributed by atoms with Crippen molar-refractivity contribution in [2.24, 2.45) is 0 Å². The van der Waals surface area contributed by atoms with Crippen molar-refractivity contribution in [2.75, 3.05) is 23.4 Å². The van der Waals surface area contributed by atoms with Gasteiger partial charge in [0.2, 0.25) is 5.91 Å². The number of carbonyl (C=O) groups excluding carboxylic acids is 1. The highest BCUT2D eigenvalue weighted by Crippen LogP contribution is 2.13. The van der Waals surface area contributed by atoms with Crippen LogP contribution in [0.2, 0.25) is 0 Å². The molecule has 0 fully saturated rings. The summed E-state index contributed by atoms with van der Waals surface area (Å²) in [6.07, 6.45) is 0. The Bertz CT molecular complexity index is 693. The first-order valence-corrected chi connectivity index (χ1v) is 8.40. The highest BCUT2D eigenvalue weighted by Gasteiger charge is 2.03. The lowest BCUT2D eigenvalue weighted by molar-refractivity contribution is -0.113. The fraction of sp³-hybridized carbons (Fsp3) is 0.222. The third kappa shape index (κ3) is 6.05. The molecule has 2 aromatic carbocycles. The average molecular weight is 326 g/mol. The molecule has 0 atom stereocenters. The number of amides is 1. The molecule has 0 aliphatic rings. The molecule has 0 bridgehead atoms. The van der Waals surface area contributed by atoms with Gasteiger partial charge in [0.05, 0.1) is 24.0 Å². The van der Waals surface area contributed by atoms with Crippen molar-refractivity contribution in [2.45, 2.75) is 6.92 Å². The van der Waals surface area contributed by atoms with Gasteiger partial charge in [-0.05, 0) is 37.3 Å². The zero-order valence-corrected chi connectivity index (χ0v) is 13.7. The highest BCUT2D eigenvalue weighted by molar-refractivity contribution is 7.99. The molecule has 0 aromatic heterocycles. The number of hydrogen-bond acceptors (Lipinski definition) is 4. The largest absolute Gasteiger partial charge is 0.493 e. The summed E-state index contributed by atoms with van der Waals surface area (Å²) < 4.78 is 5.60. The Morgan fingerprint density at radius 3 is 2.78 bits per heavy atom. The van der Waals surface area contributed by atoms with Gasteiger partial charge in [-0.25, -0.2) is 0 Å². The van der Waals surface area contributed by atoms with Crippen LogP contribution in [0.25, 0.3) is 0 Å². The smallest absolute Gasteiger partial charge is 0.234 e. The van der Waals surface area contributed by atoms with Crippen LogP contribution in [-0.2, 0) is 4.79 Å². The summed E-state index contributed by atoms with van der Waals surface area (Å²) in [4.78, 5) is 11.8. The quantitative estimate of drug-likeness (QED) is 0.790. The number of thioether (sulfide) groups is 1. The van der Waals surface area contributed by atoms with Crippen LogP contribution < -0.4 is 10.1 Å². The Labute approximate surface area is 140 Å². The number of nitriles is 1. The maximum Gasteiger partial charge on any atom is 0.234 e. The van der Waals surface area contributed by atoms with Gasteiger partial charge >= 0.3 is 0 Å². The number of carbonyl (C=O) groups is 1. The Morgan fingerprint density at radius 2 is 2.04 bits per heavy atom. The molecule has 0 radical (unpaired) electrons. The van der Waals surface area contributed by atoms with Gasteiger partial charge in [-0.15, -0.1) is 11.8 Å². The fourth-order valence-electron chi connectivity index (χ4n) is 1.88. The molecule has 4 nitrogen and oxygen atoms in total. The first kappa shape index (κ1) is 16.9. The van der Waals surface area contributed by atoms with E-state index in [0.717, 1.165) is 11.5 Å². The lowest BCUT2D eigenvalue weighted by Gasteiger charge is -2.07. The molecule has 0 heterocycles. The first-order chi connectivity index (χ1) is 11.2. The van der Waals surface area contributed by atoms with Crippen molar-refractivity contribution in [3.63, 3.8) is 0 Å². The highest BCUT2D eigenvalue weighted by atomic mass is 32.2. The SMILES string of the molecule is Cc1ccc(OCCSCC(=O)Nc2cccc(C#N)c2)cc1. The minimum absolute atomic E-state index is 0.0829. The molecule has 0 aliphatic carbocycles. The van der Waals surface area contributed by atoms with Crippen LogP contribution in [0.1, 0.15) is 11.1 Å². The summed E-state index contributed by atoms with van der Waals surface area (Å²) in [5.74, 6) is 1.85. The number of nitrogens with one attached hydrogen (secondary N) is 1. The predicted molar refractivity (Wildman–Crippen MR) is 93.8 cm³/mol. The summed E-state index contributed by atoms with van der Waals surface area (Å²) in [6.45, 7) is 2.59. The van der Waals surface area contributed by atoms with Gasteiger partial charge in [0, 0.05) is 11.4 Å². The van der Waals surface area contributed by atoms with Crippen LogP contribution in [0, 0.1) is 18.3 Å². The summed E-state index contributed by atoms with van der Waals surface area (Å²) in [6, 6.07) is 16.8. The lowest BCUT2D eigenvalue weighted by Crippen LogP contribution is -2.15. The molecule has 0 saturated heterocycles. The van der Waals surface area contributed by atoms with Crippen molar-refractivity contribution in [1.82, 2.24) is 0 Å². The standard InChI is InChI=1S/C18H18N2O2S/c1-14-5-7-17(8-6-14)22-9-10-23-13-18(21)20-16-4-2-3-15(11-16)12-19/h2-8,11H,9-10,13H2,1H3,(H,20,21). The van der Waals surface area contributed by atoms with Crippen LogP contribution in [0.3, 0.4) is 0 Å². The zero-order chi connectivity index (χ0) is 16.5. The van der Waals surface area contributed by atoms with Crippen molar-refractivity contribution in [3.05, 3.63) is 59.7 Å². The molecule has 23 heavy (non-hydrogen) atoms. The third-order valence-electron chi connectivity index (χ3n) is 3.03. The van der Waals surface area contributed by atoms with E-state index in [1.165, 1.54) is 17.3 Å². The van der Waals surface area contributed by atoms with Crippen molar-refractivity contribution in [3.8, 4) is 11.8 Å². The van der Waals surface area contributed by atoms with E-state index in [-0.39, 0.29) is 5.91 Å². The predicted octanol–water partition coefficient (Wildman–Crippen LogP) is 3.62. The first-order valence-electron chi connectivity index (χ1n) is 7.24. The molecule has 0 aliphatic heterocycles. The summed E-state index contributed by atoms with van der Waals surface area (Å²) in [7, 11) is 0. The van der Waals surface area contributed by atoms with E-state index < -0.39 is 0 Å². The van der Waals surface area contributed by atoms with E-state index in [4.69, 9.17) is 10.00 Å². The third-order valence-corrected chi connectivity index (χ3v) is 3.95. The van der Waals surface area contributed by atoms with Gasteiger partial charge in [-0.3, -0.25) is 4.79 Å². The second kappa shape index (κ2) is 8.86. The zero-order valence-electron chi connectivity index (χ0n) is 12.9. The molecule has 1 N–H and O–H groups in total. The van der Waals surface area contributed by atoms with Crippen LogP contribution in [0.4, 0.5) is 5.69 Å².